The Balaban J connectivity index is 2.71. The highest BCUT2D eigenvalue weighted by Gasteiger charge is 2.26. The van der Waals surface area contributed by atoms with Gasteiger partial charge in [0.2, 0.25) is 11.8 Å². The SMILES string of the molecule is O=C(O)CCCC(=O)NC(Cc1cnc[nH]1)C(=O)NC(CO)C(=O)O. The lowest BCUT2D eigenvalue weighted by molar-refractivity contribution is -0.143. The summed E-state index contributed by atoms with van der Waals surface area (Å²) < 4.78 is 0. The van der Waals surface area contributed by atoms with Crippen molar-refractivity contribution in [3.05, 3.63) is 18.2 Å². The van der Waals surface area contributed by atoms with Crippen LogP contribution in [0.3, 0.4) is 0 Å². The maximum Gasteiger partial charge on any atom is 0.328 e. The minimum atomic E-state index is -1.50. The molecule has 1 aromatic heterocycles. The third-order valence-corrected chi connectivity index (χ3v) is 3.22. The van der Waals surface area contributed by atoms with Gasteiger partial charge in [-0.05, 0) is 6.42 Å². The molecule has 0 radical (unpaired) electrons. The Bertz CT molecular complexity index is 602. The molecule has 0 bridgehead atoms. The molecule has 0 spiro atoms. The fourth-order valence-electron chi connectivity index (χ4n) is 1.95. The second-order valence-corrected chi connectivity index (χ2v) is 5.23. The van der Waals surface area contributed by atoms with Crippen LogP contribution in [0.5, 0.6) is 0 Å². The number of aromatic amines is 1. The number of imidazole rings is 1. The number of nitrogens with one attached hydrogen (secondary N) is 3. The summed E-state index contributed by atoms with van der Waals surface area (Å²) in [7, 11) is 0. The predicted molar refractivity (Wildman–Crippen MR) is 82.4 cm³/mol. The number of aliphatic hydroxyl groups is 1. The fourth-order valence-corrected chi connectivity index (χ4v) is 1.95. The number of carboxylic acid groups (broad SMARTS) is 2. The Hall–Kier alpha value is -2.95. The van der Waals surface area contributed by atoms with Crippen LogP contribution in [0, 0.1) is 0 Å². The quantitative estimate of drug-likeness (QED) is 0.270. The van der Waals surface area contributed by atoms with Crippen LogP contribution < -0.4 is 10.6 Å². The molecule has 1 rings (SSSR count). The molecule has 1 aromatic rings. The molecule has 25 heavy (non-hydrogen) atoms. The standard InChI is InChI=1S/C14H20N4O7/c19-6-10(14(24)25)18-13(23)9(4-8-5-15-7-16-8)17-11(20)2-1-3-12(21)22/h5,7,9-10,19H,1-4,6H2,(H,15,16)(H,17,20)(H,18,23)(H,21,22)(H,24,25). The van der Waals surface area contributed by atoms with Crippen LogP contribution in [-0.4, -0.2) is 67.7 Å². The van der Waals surface area contributed by atoms with Gasteiger partial charge in [0.25, 0.3) is 0 Å². The van der Waals surface area contributed by atoms with Crippen molar-refractivity contribution < 1.29 is 34.5 Å². The number of H-pyrrole nitrogens is 1. The molecule has 0 fully saturated rings. The lowest BCUT2D eigenvalue weighted by atomic mass is 10.1. The Morgan fingerprint density at radius 3 is 2.36 bits per heavy atom. The summed E-state index contributed by atoms with van der Waals surface area (Å²) in [6.45, 7) is -0.801. The molecule has 0 aromatic carbocycles. The molecule has 1 heterocycles. The maximum atomic E-state index is 12.2. The second kappa shape index (κ2) is 10.0. The Morgan fingerprint density at radius 2 is 1.84 bits per heavy atom. The van der Waals surface area contributed by atoms with Crippen molar-refractivity contribution in [1.82, 2.24) is 20.6 Å². The topological polar surface area (TPSA) is 182 Å². The highest BCUT2D eigenvalue weighted by atomic mass is 16.4. The molecule has 0 saturated carbocycles. The van der Waals surface area contributed by atoms with Gasteiger partial charge in [-0.25, -0.2) is 9.78 Å². The van der Waals surface area contributed by atoms with E-state index in [4.69, 9.17) is 15.3 Å². The Labute approximate surface area is 142 Å². The molecule has 0 aliphatic carbocycles. The van der Waals surface area contributed by atoms with Crippen molar-refractivity contribution >= 4 is 23.8 Å². The number of rotatable bonds is 11. The van der Waals surface area contributed by atoms with Crippen LogP contribution in [0.4, 0.5) is 0 Å². The van der Waals surface area contributed by atoms with Gasteiger partial charge in [0, 0.05) is 31.2 Å². The van der Waals surface area contributed by atoms with Crippen molar-refractivity contribution in [2.24, 2.45) is 0 Å². The van der Waals surface area contributed by atoms with Gasteiger partial charge in [-0.3, -0.25) is 14.4 Å². The number of amides is 2. The molecular formula is C14H20N4O7. The summed E-state index contributed by atoms with van der Waals surface area (Å²) in [6.07, 6.45) is 2.67. The van der Waals surface area contributed by atoms with Gasteiger partial charge in [0.15, 0.2) is 0 Å². The molecule has 11 nitrogen and oxygen atoms in total. The zero-order valence-corrected chi connectivity index (χ0v) is 13.3. The summed E-state index contributed by atoms with van der Waals surface area (Å²) >= 11 is 0. The van der Waals surface area contributed by atoms with E-state index in [-0.39, 0.29) is 25.7 Å². The largest absolute Gasteiger partial charge is 0.481 e. The number of aromatic nitrogens is 2. The van der Waals surface area contributed by atoms with E-state index in [0.29, 0.717) is 5.69 Å². The monoisotopic (exact) mass is 356 g/mol. The first-order valence-electron chi connectivity index (χ1n) is 7.46. The van der Waals surface area contributed by atoms with E-state index in [1.54, 1.807) is 0 Å². The first kappa shape index (κ1) is 20.1. The third kappa shape index (κ3) is 7.44. The average molecular weight is 356 g/mol. The van der Waals surface area contributed by atoms with E-state index in [2.05, 4.69) is 20.6 Å². The molecule has 6 N–H and O–H groups in total. The lowest BCUT2D eigenvalue weighted by Crippen LogP contribution is -2.53. The van der Waals surface area contributed by atoms with Crippen LogP contribution in [0.25, 0.3) is 0 Å². The third-order valence-electron chi connectivity index (χ3n) is 3.22. The van der Waals surface area contributed by atoms with E-state index < -0.39 is 42.4 Å². The van der Waals surface area contributed by atoms with Crippen molar-refractivity contribution in [2.45, 2.75) is 37.8 Å². The molecule has 0 saturated heterocycles. The lowest BCUT2D eigenvalue weighted by Gasteiger charge is -2.20. The van der Waals surface area contributed by atoms with Gasteiger partial charge in [-0.2, -0.15) is 0 Å². The normalized spacial score (nSPS) is 12.8. The van der Waals surface area contributed by atoms with E-state index in [0.717, 1.165) is 0 Å². The molecule has 2 amide bonds. The summed E-state index contributed by atoms with van der Waals surface area (Å²) in [5, 5.41) is 31.0. The smallest absolute Gasteiger partial charge is 0.328 e. The zero-order valence-electron chi connectivity index (χ0n) is 13.3. The van der Waals surface area contributed by atoms with Gasteiger partial charge in [0.05, 0.1) is 12.9 Å². The van der Waals surface area contributed by atoms with E-state index in [9.17, 15) is 19.2 Å². The molecule has 138 valence electrons. The number of carbonyl (C=O) groups excluding carboxylic acids is 2. The number of hydrogen-bond donors (Lipinski definition) is 6. The molecule has 0 aliphatic rings. The summed E-state index contributed by atoms with van der Waals surface area (Å²) in [4.78, 5) is 52.0. The molecule has 0 aliphatic heterocycles. The minimum absolute atomic E-state index is 0.0221. The highest BCUT2D eigenvalue weighted by molar-refractivity contribution is 5.90. The molecule has 11 heteroatoms. The zero-order chi connectivity index (χ0) is 18.8. The van der Waals surface area contributed by atoms with Gasteiger partial charge < -0.3 is 30.9 Å². The molecule has 2 atom stereocenters. The average Bonchev–Trinajstić information content (AvgIpc) is 3.04. The Kier molecular flexibility index (Phi) is 8.06. The van der Waals surface area contributed by atoms with Gasteiger partial charge in [-0.1, -0.05) is 0 Å². The minimum Gasteiger partial charge on any atom is -0.481 e. The number of hydrogen-bond acceptors (Lipinski definition) is 6. The van der Waals surface area contributed by atoms with Crippen molar-refractivity contribution in [3.8, 4) is 0 Å². The molecule has 2 unspecified atom stereocenters. The van der Waals surface area contributed by atoms with Crippen molar-refractivity contribution in [1.29, 1.82) is 0 Å². The van der Waals surface area contributed by atoms with Crippen LogP contribution in [0.15, 0.2) is 12.5 Å². The van der Waals surface area contributed by atoms with Crippen molar-refractivity contribution in [3.63, 3.8) is 0 Å². The highest BCUT2D eigenvalue weighted by Crippen LogP contribution is 2.02. The van der Waals surface area contributed by atoms with Gasteiger partial charge in [0.1, 0.15) is 12.1 Å². The molecular weight excluding hydrogens is 336 g/mol. The van der Waals surface area contributed by atoms with E-state index in [1.165, 1.54) is 12.5 Å². The summed E-state index contributed by atoms with van der Waals surface area (Å²) in [5.41, 5.74) is 0.529. The number of aliphatic carboxylic acids is 2. The predicted octanol–water partition coefficient (Wildman–Crippen LogP) is -1.75. The van der Waals surface area contributed by atoms with Crippen LogP contribution >= 0.6 is 0 Å². The summed E-state index contributed by atoms with van der Waals surface area (Å²) in [5.74, 6) is -3.78. The van der Waals surface area contributed by atoms with Crippen LogP contribution in [-0.2, 0) is 25.6 Å². The van der Waals surface area contributed by atoms with E-state index in [1.807, 2.05) is 0 Å². The number of aliphatic hydroxyl groups excluding tert-OH is 1. The van der Waals surface area contributed by atoms with Crippen molar-refractivity contribution in [2.75, 3.05) is 6.61 Å². The van der Waals surface area contributed by atoms with Gasteiger partial charge >= 0.3 is 11.9 Å². The van der Waals surface area contributed by atoms with Crippen LogP contribution in [0.1, 0.15) is 25.0 Å². The van der Waals surface area contributed by atoms with Crippen LogP contribution in [0.2, 0.25) is 0 Å². The number of carbonyl (C=O) groups is 4. The first-order valence-corrected chi connectivity index (χ1v) is 7.46. The fraction of sp³-hybridized carbons (Fsp3) is 0.500. The number of carboxylic acids is 2. The maximum absolute atomic E-state index is 12.2. The van der Waals surface area contributed by atoms with E-state index >= 15 is 0 Å². The second-order valence-electron chi connectivity index (χ2n) is 5.23. The number of nitrogens with zero attached hydrogens (tertiary/aromatic N) is 1. The first-order chi connectivity index (χ1) is 11.8. The summed E-state index contributed by atoms with van der Waals surface area (Å²) in [6, 6.07) is -2.60. The van der Waals surface area contributed by atoms with Gasteiger partial charge in [-0.15, -0.1) is 0 Å². The Morgan fingerprint density at radius 1 is 1.12 bits per heavy atom.